The maximum Gasteiger partial charge on any atom is 0.144 e. The molecule has 1 aromatic rings. The highest BCUT2D eigenvalue weighted by Crippen LogP contribution is 2.20. The average Bonchev–Trinajstić information content (AvgIpc) is 2.80. The van der Waals surface area contributed by atoms with E-state index in [4.69, 9.17) is 0 Å². The summed E-state index contributed by atoms with van der Waals surface area (Å²) in [5.74, 6) is 5.66. The lowest BCUT2D eigenvalue weighted by Crippen LogP contribution is -2.10. The van der Waals surface area contributed by atoms with Gasteiger partial charge in [0.25, 0.3) is 0 Å². The molecular formula is C13H15OS+. The van der Waals surface area contributed by atoms with E-state index < -0.39 is 0 Å². The second-order valence-corrected chi connectivity index (χ2v) is 6.15. The zero-order valence-corrected chi connectivity index (χ0v) is 9.56. The fourth-order valence-corrected chi connectivity index (χ4v) is 4.23. The summed E-state index contributed by atoms with van der Waals surface area (Å²) in [6.07, 6.45) is 2.67. The van der Waals surface area contributed by atoms with E-state index in [2.05, 4.69) is 5.94 Å². The summed E-state index contributed by atoms with van der Waals surface area (Å²) in [5.41, 5.74) is 1.91. The molecule has 0 aromatic heterocycles. The van der Waals surface area contributed by atoms with Crippen LogP contribution in [-0.2, 0) is 15.7 Å². The molecule has 1 fully saturated rings. The maximum atomic E-state index is 10.9. The van der Waals surface area contributed by atoms with Crippen LogP contribution >= 0.6 is 0 Å². The Bertz CT molecular complexity index is 359. The van der Waals surface area contributed by atoms with E-state index in [0.29, 0.717) is 10.9 Å². The van der Waals surface area contributed by atoms with Gasteiger partial charge in [-0.05, 0) is 29.3 Å². The number of hydrogen-bond donors (Lipinski definition) is 0. The topological polar surface area (TPSA) is 17.1 Å². The smallest absolute Gasteiger partial charge is 0.144 e. The van der Waals surface area contributed by atoms with Gasteiger partial charge in [-0.15, -0.1) is 0 Å². The van der Waals surface area contributed by atoms with Crippen molar-refractivity contribution >= 4 is 22.4 Å². The molecule has 0 N–H and O–H groups in total. The number of rotatable bonds is 3. The fraction of sp³-hybridized carbons (Fsp3) is 0.385. The SMILES string of the molecule is O=C=C(C[S+]1CCCC1)c1ccccc1. The summed E-state index contributed by atoms with van der Waals surface area (Å²) in [7, 11) is 0.443. The lowest BCUT2D eigenvalue weighted by Gasteiger charge is -2.02. The summed E-state index contributed by atoms with van der Waals surface area (Å²) in [6, 6.07) is 9.93. The largest absolute Gasteiger partial charge is 0.233 e. The fourth-order valence-electron chi connectivity index (χ4n) is 1.87. The quantitative estimate of drug-likeness (QED) is 0.563. The monoisotopic (exact) mass is 219 g/mol. The van der Waals surface area contributed by atoms with Gasteiger partial charge in [0.1, 0.15) is 23.2 Å². The summed E-state index contributed by atoms with van der Waals surface area (Å²) in [4.78, 5) is 10.9. The van der Waals surface area contributed by atoms with Crippen LogP contribution < -0.4 is 0 Å². The van der Waals surface area contributed by atoms with Gasteiger partial charge in [-0.2, -0.15) is 0 Å². The first-order valence-electron chi connectivity index (χ1n) is 5.33. The van der Waals surface area contributed by atoms with E-state index in [1.165, 1.54) is 24.3 Å². The molecule has 78 valence electrons. The van der Waals surface area contributed by atoms with E-state index in [-0.39, 0.29) is 0 Å². The van der Waals surface area contributed by atoms with Crippen molar-refractivity contribution in [3.05, 3.63) is 35.9 Å². The van der Waals surface area contributed by atoms with Crippen LogP contribution in [0.25, 0.3) is 5.57 Å². The molecule has 15 heavy (non-hydrogen) atoms. The van der Waals surface area contributed by atoms with Crippen LogP contribution in [0.15, 0.2) is 30.3 Å². The van der Waals surface area contributed by atoms with Crippen molar-refractivity contribution in [3.8, 4) is 0 Å². The minimum atomic E-state index is 0.443. The van der Waals surface area contributed by atoms with E-state index in [0.717, 1.165) is 16.9 Å². The maximum absolute atomic E-state index is 10.9. The predicted octanol–water partition coefficient (Wildman–Crippen LogP) is 2.31. The summed E-state index contributed by atoms with van der Waals surface area (Å²) < 4.78 is 0. The Morgan fingerprint density at radius 1 is 1.20 bits per heavy atom. The highest BCUT2D eigenvalue weighted by atomic mass is 32.2. The molecule has 0 atom stereocenters. The molecule has 0 bridgehead atoms. The number of carbonyl (C=O) groups excluding carboxylic acids is 1. The van der Waals surface area contributed by atoms with Crippen LogP contribution in [0.2, 0.25) is 0 Å². The second kappa shape index (κ2) is 5.20. The Morgan fingerprint density at radius 2 is 1.87 bits per heavy atom. The highest BCUT2D eigenvalue weighted by molar-refractivity contribution is 7.97. The molecule has 0 spiro atoms. The van der Waals surface area contributed by atoms with Crippen molar-refractivity contribution in [1.82, 2.24) is 0 Å². The van der Waals surface area contributed by atoms with Crippen LogP contribution in [0.1, 0.15) is 18.4 Å². The lowest BCUT2D eigenvalue weighted by atomic mass is 10.1. The molecule has 1 aliphatic heterocycles. The zero-order chi connectivity index (χ0) is 10.5. The third-order valence-electron chi connectivity index (χ3n) is 2.71. The van der Waals surface area contributed by atoms with E-state index in [1.54, 1.807) is 0 Å². The minimum absolute atomic E-state index is 0.443. The molecule has 0 saturated carbocycles. The Labute approximate surface area is 93.5 Å². The predicted molar refractivity (Wildman–Crippen MR) is 66.7 cm³/mol. The van der Waals surface area contributed by atoms with Gasteiger partial charge in [-0.25, -0.2) is 4.79 Å². The first-order chi connectivity index (χ1) is 7.40. The van der Waals surface area contributed by atoms with Crippen LogP contribution in [0, 0.1) is 0 Å². The molecule has 1 aliphatic rings. The third kappa shape index (κ3) is 2.74. The molecule has 1 aromatic carbocycles. The van der Waals surface area contributed by atoms with Gasteiger partial charge in [0.15, 0.2) is 0 Å². The molecule has 2 heteroatoms. The molecule has 0 unspecified atom stereocenters. The zero-order valence-electron chi connectivity index (χ0n) is 8.74. The van der Waals surface area contributed by atoms with Crippen molar-refractivity contribution in [2.45, 2.75) is 12.8 Å². The van der Waals surface area contributed by atoms with Gasteiger partial charge in [0.05, 0.1) is 5.57 Å². The van der Waals surface area contributed by atoms with Gasteiger partial charge >= 0.3 is 0 Å². The van der Waals surface area contributed by atoms with Gasteiger partial charge in [-0.1, -0.05) is 30.3 Å². The second-order valence-electron chi connectivity index (χ2n) is 3.82. The third-order valence-corrected chi connectivity index (χ3v) is 5.14. The van der Waals surface area contributed by atoms with Crippen molar-refractivity contribution in [1.29, 1.82) is 0 Å². The highest BCUT2D eigenvalue weighted by Gasteiger charge is 2.26. The van der Waals surface area contributed by atoms with Gasteiger partial charge in [-0.3, -0.25) is 0 Å². The van der Waals surface area contributed by atoms with Crippen molar-refractivity contribution in [3.63, 3.8) is 0 Å². The molecule has 1 heterocycles. The van der Waals surface area contributed by atoms with Gasteiger partial charge < -0.3 is 0 Å². The average molecular weight is 219 g/mol. The van der Waals surface area contributed by atoms with Crippen LogP contribution in [0.4, 0.5) is 0 Å². The number of hydrogen-bond acceptors (Lipinski definition) is 1. The molecular weight excluding hydrogens is 204 g/mol. The first kappa shape index (κ1) is 10.5. The van der Waals surface area contributed by atoms with Crippen LogP contribution in [-0.4, -0.2) is 23.2 Å². The van der Waals surface area contributed by atoms with Gasteiger partial charge in [0, 0.05) is 0 Å². The van der Waals surface area contributed by atoms with Crippen molar-refractivity contribution in [2.24, 2.45) is 0 Å². The number of benzene rings is 1. The normalized spacial score (nSPS) is 16.3. The van der Waals surface area contributed by atoms with E-state index in [9.17, 15) is 4.79 Å². The Balaban J connectivity index is 2.08. The molecule has 2 rings (SSSR count). The summed E-state index contributed by atoms with van der Waals surface area (Å²) >= 11 is 0. The molecule has 0 aliphatic carbocycles. The Morgan fingerprint density at radius 3 is 2.47 bits per heavy atom. The van der Waals surface area contributed by atoms with E-state index in [1.807, 2.05) is 30.3 Å². The minimum Gasteiger partial charge on any atom is -0.233 e. The summed E-state index contributed by atoms with van der Waals surface area (Å²) in [6.45, 7) is 0. The Hall–Kier alpha value is -0.980. The van der Waals surface area contributed by atoms with Crippen molar-refractivity contribution < 1.29 is 4.79 Å². The van der Waals surface area contributed by atoms with Crippen LogP contribution in [0.3, 0.4) is 0 Å². The molecule has 1 nitrogen and oxygen atoms in total. The Kier molecular flexibility index (Phi) is 3.65. The van der Waals surface area contributed by atoms with Crippen LogP contribution in [0.5, 0.6) is 0 Å². The molecule has 1 saturated heterocycles. The standard InChI is InChI=1S/C13H15OS/c14-10-13(11-15-8-4-5-9-15)12-6-2-1-3-7-12/h1-3,6-7H,4-5,8-9,11H2/q+1. The van der Waals surface area contributed by atoms with E-state index >= 15 is 0 Å². The van der Waals surface area contributed by atoms with Crippen molar-refractivity contribution in [2.75, 3.05) is 17.3 Å². The lowest BCUT2D eigenvalue weighted by molar-refractivity contribution is 0.569. The summed E-state index contributed by atoms with van der Waals surface area (Å²) in [5, 5.41) is 0. The van der Waals surface area contributed by atoms with Gasteiger partial charge in [0.2, 0.25) is 0 Å². The molecule has 0 radical (unpaired) electrons. The first-order valence-corrected chi connectivity index (χ1v) is 7.07. The molecule has 0 amide bonds.